The molecule has 0 aromatic heterocycles. The Morgan fingerprint density at radius 1 is 1.03 bits per heavy atom. The summed E-state index contributed by atoms with van der Waals surface area (Å²) in [6, 6.07) is 14.8. The number of aliphatic carboxylic acids is 1. The molecule has 1 heterocycles. The van der Waals surface area contributed by atoms with Crippen molar-refractivity contribution in [3.63, 3.8) is 0 Å². The zero-order valence-electron chi connectivity index (χ0n) is 16.5. The van der Waals surface area contributed by atoms with Crippen molar-refractivity contribution in [2.45, 2.75) is 24.5 Å². The van der Waals surface area contributed by atoms with Gasteiger partial charge in [-0.2, -0.15) is 8.42 Å². The number of methoxy groups -OCH3 is 1. The number of hydrogen-bond acceptors (Lipinski definition) is 6. The zero-order chi connectivity index (χ0) is 22.8. The first-order chi connectivity index (χ1) is 14.6. The normalized spacial score (nSPS) is 19.6. The van der Waals surface area contributed by atoms with Crippen LogP contribution in [-0.4, -0.2) is 65.3 Å². The maximum atomic E-state index is 12.7. The Bertz CT molecular complexity index is 1030. The standard InChI is InChI=1S/C20H20N2O4.H2O4S/c1-26-20(25)22(12-10-17(19(23)24)21-11-12)18-15-8-4-2-6-13(15)14-7-3-5-9-16(14)18;1-5(2,3)4/h2-9,12,17-18,21H,10-11H2,1H3,(H,23,24);(H2,1,2,3,4)/t12-,17+;/m1./s1. The average Bonchev–Trinajstić information content (AvgIpc) is 3.32. The van der Waals surface area contributed by atoms with Gasteiger partial charge >= 0.3 is 22.5 Å². The molecule has 1 aliphatic heterocycles. The van der Waals surface area contributed by atoms with Crippen LogP contribution in [0, 0.1) is 0 Å². The number of fused-ring (bicyclic) bond motifs is 3. The van der Waals surface area contributed by atoms with Gasteiger partial charge in [0.25, 0.3) is 0 Å². The summed E-state index contributed by atoms with van der Waals surface area (Å²) in [4.78, 5) is 25.7. The molecule has 1 aliphatic carbocycles. The van der Waals surface area contributed by atoms with E-state index in [1.54, 1.807) is 4.90 Å². The highest BCUT2D eigenvalue weighted by Crippen LogP contribution is 2.47. The number of carboxylic acids is 1. The number of amides is 1. The predicted octanol–water partition coefficient (Wildman–Crippen LogP) is 1.99. The smallest absolute Gasteiger partial charge is 0.410 e. The molecule has 0 saturated carbocycles. The van der Waals surface area contributed by atoms with Crippen molar-refractivity contribution in [3.8, 4) is 11.1 Å². The third-order valence-corrected chi connectivity index (χ3v) is 5.26. The first-order valence-corrected chi connectivity index (χ1v) is 10.7. The SMILES string of the molecule is COC(=O)N(C1c2ccccc2-c2ccccc21)[C@H]1CN[C@H](C(=O)O)C1.O=S(=O)(O)O. The van der Waals surface area contributed by atoms with E-state index in [9.17, 15) is 14.7 Å². The van der Waals surface area contributed by atoms with Gasteiger partial charge in [0.05, 0.1) is 19.2 Å². The van der Waals surface area contributed by atoms with Crippen LogP contribution < -0.4 is 5.32 Å². The summed E-state index contributed by atoms with van der Waals surface area (Å²) in [6.45, 7) is 0.424. The van der Waals surface area contributed by atoms with Gasteiger partial charge < -0.3 is 15.2 Å². The van der Waals surface area contributed by atoms with E-state index in [-0.39, 0.29) is 12.1 Å². The monoisotopic (exact) mass is 450 g/mol. The Balaban J connectivity index is 0.000000491. The quantitative estimate of drug-likeness (QED) is 0.514. The minimum Gasteiger partial charge on any atom is -0.480 e. The molecule has 10 nitrogen and oxygen atoms in total. The van der Waals surface area contributed by atoms with Crippen LogP contribution in [0.3, 0.4) is 0 Å². The van der Waals surface area contributed by atoms with Crippen LogP contribution in [0.25, 0.3) is 11.1 Å². The Kier molecular flexibility index (Phi) is 6.60. The third-order valence-electron chi connectivity index (χ3n) is 5.26. The highest BCUT2D eigenvalue weighted by molar-refractivity contribution is 7.79. The van der Waals surface area contributed by atoms with E-state index in [4.69, 9.17) is 22.3 Å². The molecule has 0 unspecified atom stereocenters. The summed E-state index contributed by atoms with van der Waals surface area (Å²) in [5.74, 6) is -0.899. The number of carboxylic acid groups (broad SMARTS) is 1. The van der Waals surface area contributed by atoms with Crippen molar-refractivity contribution in [2.75, 3.05) is 13.7 Å². The molecule has 4 N–H and O–H groups in total. The highest BCUT2D eigenvalue weighted by Gasteiger charge is 2.43. The van der Waals surface area contributed by atoms with Crippen molar-refractivity contribution in [2.24, 2.45) is 0 Å². The number of hydrogen-bond donors (Lipinski definition) is 4. The molecule has 0 bridgehead atoms. The molecule has 4 rings (SSSR count). The number of ether oxygens (including phenoxy) is 1. The Hall–Kier alpha value is -2.99. The van der Waals surface area contributed by atoms with E-state index >= 15 is 0 Å². The van der Waals surface area contributed by atoms with Crippen LogP contribution >= 0.6 is 0 Å². The maximum absolute atomic E-state index is 12.7. The second-order valence-electron chi connectivity index (χ2n) is 7.09. The van der Waals surface area contributed by atoms with E-state index in [0.29, 0.717) is 13.0 Å². The van der Waals surface area contributed by atoms with E-state index in [1.807, 2.05) is 36.4 Å². The molecule has 1 amide bonds. The van der Waals surface area contributed by atoms with Gasteiger partial charge in [0.15, 0.2) is 0 Å². The molecule has 2 aromatic carbocycles. The molecule has 2 aromatic rings. The van der Waals surface area contributed by atoms with E-state index < -0.39 is 28.5 Å². The van der Waals surface area contributed by atoms with Gasteiger partial charge in [0.1, 0.15) is 6.04 Å². The fraction of sp³-hybridized carbons (Fsp3) is 0.300. The number of carbonyl (C=O) groups is 2. The fourth-order valence-electron chi connectivity index (χ4n) is 4.12. The van der Waals surface area contributed by atoms with E-state index in [1.165, 1.54) is 7.11 Å². The number of nitrogens with zero attached hydrogens (tertiary/aromatic N) is 1. The Morgan fingerprint density at radius 2 is 1.52 bits per heavy atom. The second kappa shape index (κ2) is 9.02. The molecule has 1 fully saturated rings. The minimum absolute atomic E-state index is 0.257. The number of benzene rings is 2. The van der Waals surface area contributed by atoms with Crippen LogP contribution in [0.2, 0.25) is 0 Å². The minimum atomic E-state index is -4.67. The molecular weight excluding hydrogens is 428 g/mol. The van der Waals surface area contributed by atoms with Crippen molar-refractivity contribution in [1.82, 2.24) is 10.2 Å². The lowest BCUT2D eigenvalue weighted by molar-refractivity contribution is -0.139. The first-order valence-electron chi connectivity index (χ1n) is 9.32. The largest absolute Gasteiger partial charge is 0.480 e. The van der Waals surface area contributed by atoms with Gasteiger partial charge in [-0.25, -0.2) is 4.79 Å². The summed E-state index contributed by atoms with van der Waals surface area (Å²) in [5, 5.41) is 12.3. The molecule has 0 radical (unpaired) electrons. The van der Waals surface area contributed by atoms with Gasteiger partial charge in [0, 0.05) is 6.54 Å². The summed E-state index contributed by atoms with van der Waals surface area (Å²) in [7, 11) is -3.31. The van der Waals surface area contributed by atoms with Gasteiger partial charge in [-0.05, 0) is 28.7 Å². The zero-order valence-corrected chi connectivity index (χ0v) is 17.3. The molecule has 11 heteroatoms. The summed E-state index contributed by atoms with van der Waals surface area (Å²) in [6.07, 6.45) is -0.0926. The van der Waals surface area contributed by atoms with Gasteiger partial charge in [-0.1, -0.05) is 48.5 Å². The Labute approximate surface area is 179 Å². The first kappa shape index (κ1) is 22.7. The number of nitrogens with one attached hydrogen (secondary N) is 1. The highest BCUT2D eigenvalue weighted by atomic mass is 32.3. The summed E-state index contributed by atoms with van der Waals surface area (Å²) < 4.78 is 36.7. The lowest BCUT2D eigenvalue weighted by Gasteiger charge is -2.34. The summed E-state index contributed by atoms with van der Waals surface area (Å²) in [5.41, 5.74) is 4.28. The van der Waals surface area contributed by atoms with Crippen LogP contribution in [0.4, 0.5) is 4.79 Å². The Morgan fingerprint density at radius 3 is 1.94 bits per heavy atom. The predicted molar refractivity (Wildman–Crippen MR) is 110 cm³/mol. The van der Waals surface area contributed by atoms with Gasteiger partial charge in [0.2, 0.25) is 0 Å². The van der Waals surface area contributed by atoms with Gasteiger partial charge in [-0.3, -0.25) is 18.8 Å². The van der Waals surface area contributed by atoms with Crippen molar-refractivity contribution in [1.29, 1.82) is 0 Å². The van der Waals surface area contributed by atoms with Crippen LogP contribution in [0.5, 0.6) is 0 Å². The van der Waals surface area contributed by atoms with Gasteiger partial charge in [-0.15, -0.1) is 0 Å². The molecule has 166 valence electrons. The molecule has 0 spiro atoms. The second-order valence-corrected chi connectivity index (χ2v) is 7.99. The topological polar surface area (TPSA) is 153 Å². The van der Waals surface area contributed by atoms with E-state index in [0.717, 1.165) is 22.3 Å². The molecule has 31 heavy (non-hydrogen) atoms. The lowest BCUT2D eigenvalue weighted by Crippen LogP contribution is -2.44. The van der Waals surface area contributed by atoms with Crippen LogP contribution in [-0.2, 0) is 19.9 Å². The van der Waals surface area contributed by atoms with Crippen LogP contribution in [0.1, 0.15) is 23.6 Å². The van der Waals surface area contributed by atoms with Crippen LogP contribution in [0.15, 0.2) is 48.5 Å². The fourth-order valence-corrected chi connectivity index (χ4v) is 4.12. The third kappa shape index (κ3) is 5.02. The molecule has 2 atom stereocenters. The summed E-state index contributed by atoms with van der Waals surface area (Å²) >= 11 is 0. The number of carbonyl (C=O) groups excluding carboxylic acids is 1. The molecule has 1 saturated heterocycles. The van der Waals surface area contributed by atoms with Crippen molar-refractivity contribution < 1.29 is 37.0 Å². The molecule has 2 aliphatic rings. The molecular formula is C20H22N2O8S. The van der Waals surface area contributed by atoms with Crippen molar-refractivity contribution in [3.05, 3.63) is 59.7 Å². The van der Waals surface area contributed by atoms with E-state index in [2.05, 4.69) is 17.4 Å². The number of rotatable bonds is 3. The average molecular weight is 450 g/mol. The lowest BCUT2D eigenvalue weighted by atomic mass is 10.0. The maximum Gasteiger partial charge on any atom is 0.410 e. The van der Waals surface area contributed by atoms with Crippen molar-refractivity contribution >= 4 is 22.5 Å².